The largest absolute Gasteiger partial charge is 0.411 e. The van der Waals surface area contributed by atoms with E-state index in [1.54, 1.807) is 18.7 Å². The van der Waals surface area contributed by atoms with E-state index in [1.807, 2.05) is 30.3 Å². The van der Waals surface area contributed by atoms with Crippen molar-refractivity contribution >= 4 is 23.3 Å². The van der Waals surface area contributed by atoms with Crippen LogP contribution >= 0.6 is 11.8 Å². The fraction of sp³-hybridized carbons (Fsp3) is 0.652. The third kappa shape index (κ3) is 8.49. The Morgan fingerprint density at radius 1 is 1.17 bits per heavy atom. The highest BCUT2D eigenvalue weighted by Crippen LogP contribution is 2.37. The highest BCUT2D eigenvalue weighted by atomic mass is 32.2. The monoisotopic (exact) mass is 421 g/mol. The van der Waals surface area contributed by atoms with Crippen LogP contribution in [0.5, 0.6) is 0 Å². The van der Waals surface area contributed by atoms with E-state index in [0.717, 1.165) is 43.4 Å². The van der Waals surface area contributed by atoms with Crippen LogP contribution in [0.4, 0.5) is 0 Å². The number of benzene rings is 1. The summed E-state index contributed by atoms with van der Waals surface area (Å²) < 4.78 is 0. The first-order valence-corrected chi connectivity index (χ1v) is 11.7. The molecule has 29 heavy (non-hydrogen) atoms. The Morgan fingerprint density at radius 3 is 2.59 bits per heavy atom. The van der Waals surface area contributed by atoms with Gasteiger partial charge in [0.1, 0.15) is 5.78 Å². The molecule has 1 aliphatic carbocycles. The number of thioether (sulfide) groups is 1. The van der Waals surface area contributed by atoms with Crippen LogP contribution in [0.15, 0.2) is 40.4 Å². The number of Topliss-reactive ketones (excluding diaryl/α,β-unsaturated/α-hetero) is 1. The van der Waals surface area contributed by atoms with Gasteiger partial charge in [0, 0.05) is 29.4 Å². The summed E-state index contributed by atoms with van der Waals surface area (Å²) in [6, 6.07) is 10.0. The summed E-state index contributed by atoms with van der Waals surface area (Å²) in [6.07, 6.45) is 6.42. The van der Waals surface area contributed by atoms with E-state index in [4.69, 9.17) is 0 Å². The maximum atomic E-state index is 11.0. The van der Waals surface area contributed by atoms with Gasteiger partial charge in [-0.1, -0.05) is 42.6 Å². The van der Waals surface area contributed by atoms with Crippen LogP contribution in [0.25, 0.3) is 0 Å². The second-order valence-corrected chi connectivity index (χ2v) is 9.24. The first kappa shape index (κ1) is 23.9. The van der Waals surface area contributed by atoms with Gasteiger partial charge in [0.2, 0.25) is 0 Å². The number of unbranched alkanes of at least 4 members (excludes halogenated alkanes) is 3. The maximum absolute atomic E-state index is 11.0. The predicted octanol–water partition coefficient (Wildman–Crippen LogP) is 4.68. The lowest BCUT2D eigenvalue weighted by Crippen LogP contribution is -2.23. The fourth-order valence-corrected chi connectivity index (χ4v) is 5.09. The lowest BCUT2D eigenvalue weighted by molar-refractivity contribution is -0.117. The van der Waals surface area contributed by atoms with Crippen LogP contribution in [0, 0.1) is 11.8 Å². The molecule has 0 heterocycles. The summed E-state index contributed by atoms with van der Waals surface area (Å²) in [7, 11) is 0. The van der Waals surface area contributed by atoms with E-state index < -0.39 is 12.2 Å². The van der Waals surface area contributed by atoms with E-state index in [2.05, 4.69) is 5.16 Å². The van der Waals surface area contributed by atoms with Gasteiger partial charge in [-0.05, 0) is 50.7 Å². The Hall–Kier alpha value is -1.37. The van der Waals surface area contributed by atoms with E-state index in [9.17, 15) is 20.2 Å². The van der Waals surface area contributed by atoms with Gasteiger partial charge in [-0.2, -0.15) is 0 Å². The second kappa shape index (κ2) is 13.0. The number of aliphatic hydroxyl groups is 2. The van der Waals surface area contributed by atoms with Crippen LogP contribution in [0.1, 0.15) is 64.7 Å². The van der Waals surface area contributed by atoms with Crippen LogP contribution in [-0.2, 0) is 4.79 Å². The summed E-state index contributed by atoms with van der Waals surface area (Å²) in [4.78, 5) is 12.1. The third-order valence-corrected chi connectivity index (χ3v) is 6.96. The van der Waals surface area contributed by atoms with Crippen LogP contribution in [-0.4, -0.2) is 44.9 Å². The quantitative estimate of drug-likeness (QED) is 0.186. The zero-order chi connectivity index (χ0) is 21.1. The Morgan fingerprint density at radius 2 is 1.90 bits per heavy atom. The zero-order valence-electron chi connectivity index (χ0n) is 17.4. The number of carbonyl (C=O) groups is 1. The number of rotatable bonds is 13. The fourth-order valence-electron chi connectivity index (χ4n) is 4.19. The van der Waals surface area contributed by atoms with E-state index >= 15 is 0 Å². The molecule has 1 aliphatic rings. The molecule has 0 radical (unpaired) electrons. The lowest BCUT2D eigenvalue weighted by Gasteiger charge is -2.23. The van der Waals surface area contributed by atoms with Crippen LogP contribution in [0.3, 0.4) is 0 Å². The van der Waals surface area contributed by atoms with E-state index in [-0.39, 0.29) is 17.6 Å². The summed E-state index contributed by atoms with van der Waals surface area (Å²) in [5.41, 5.74) is 0.669. The molecule has 3 N–H and O–H groups in total. The maximum Gasteiger partial charge on any atom is 0.129 e. The number of nitrogens with zero attached hydrogens (tertiary/aromatic N) is 1. The molecule has 1 saturated carbocycles. The SMILES string of the molecule is CC(=O)CCCCCCC1C(O)C/C(=N\O)C1CCC(O)CSc1ccccc1. The van der Waals surface area contributed by atoms with Crippen molar-refractivity contribution in [3.05, 3.63) is 30.3 Å². The number of aliphatic hydroxyl groups excluding tert-OH is 2. The Labute approximate surface area is 178 Å². The molecule has 5 nitrogen and oxygen atoms in total. The van der Waals surface area contributed by atoms with Gasteiger partial charge < -0.3 is 20.2 Å². The summed E-state index contributed by atoms with van der Waals surface area (Å²) in [5, 5.41) is 33.6. The molecular weight excluding hydrogens is 386 g/mol. The number of hydrogen-bond acceptors (Lipinski definition) is 6. The minimum absolute atomic E-state index is 0.0311. The van der Waals surface area contributed by atoms with Gasteiger partial charge in [-0.3, -0.25) is 0 Å². The van der Waals surface area contributed by atoms with Crippen molar-refractivity contribution in [3.8, 4) is 0 Å². The van der Waals surface area contributed by atoms with Gasteiger partial charge in [-0.15, -0.1) is 11.8 Å². The first-order chi connectivity index (χ1) is 14.0. The Bertz CT molecular complexity index is 637. The van der Waals surface area contributed by atoms with Crippen molar-refractivity contribution in [2.45, 2.75) is 81.8 Å². The molecule has 0 aromatic heterocycles. The Balaban J connectivity index is 1.76. The first-order valence-electron chi connectivity index (χ1n) is 10.8. The molecule has 1 aromatic carbocycles. The molecule has 4 atom stereocenters. The summed E-state index contributed by atoms with van der Waals surface area (Å²) >= 11 is 1.64. The van der Waals surface area contributed by atoms with Gasteiger partial charge in [0.05, 0.1) is 17.9 Å². The minimum atomic E-state index is -0.473. The summed E-state index contributed by atoms with van der Waals surface area (Å²) in [6.45, 7) is 1.63. The molecule has 162 valence electrons. The summed E-state index contributed by atoms with van der Waals surface area (Å²) in [5.74, 6) is 0.987. The standard InChI is InChI=1S/C23H35NO4S/c1-17(25)9-5-2-3-8-12-21-20(22(24-28)15-23(21)27)14-13-18(26)16-29-19-10-6-4-7-11-19/h4,6-7,10-11,18,20-21,23,26-28H,2-3,5,8-9,12-16H2,1H3/b24-22+. The molecule has 0 amide bonds. The van der Waals surface area contributed by atoms with Crippen molar-refractivity contribution in [1.82, 2.24) is 0 Å². The number of ketones is 1. The number of hydrogen-bond donors (Lipinski definition) is 3. The molecule has 0 spiro atoms. The Kier molecular flexibility index (Phi) is 10.7. The van der Waals surface area contributed by atoms with E-state index in [1.165, 1.54) is 0 Å². The van der Waals surface area contributed by atoms with Crippen molar-refractivity contribution in [2.24, 2.45) is 17.0 Å². The molecule has 6 heteroatoms. The number of carbonyl (C=O) groups excluding carboxylic acids is 1. The highest BCUT2D eigenvalue weighted by Gasteiger charge is 2.39. The second-order valence-electron chi connectivity index (χ2n) is 8.14. The van der Waals surface area contributed by atoms with Crippen molar-refractivity contribution in [2.75, 3.05) is 5.75 Å². The van der Waals surface area contributed by atoms with Gasteiger partial charge in [0.25, 0.3) is 0 Å². The van der Waals surface area contributed by atoms with Gasteiger partial charge in [0.15, 0.2) is 0 Å². The number of oxime groups is 1. The molecule has 0 saturated heterocycles. The van der Waals surface area contributed by atoms with Crippen molar-refractivity contribution < 1.29 is 20.2 Å². The molecule has 4 unspecified atom stereocenters. The average Bonchev–Trinajstić information content (AvgIpc) is 3.02. The predicted molar refractivity (Wildman–Crippen MR) is 118 cm³/mol. The highest BCUT2D eigenvalue weighted by molar-refractivity contribution is 7.99. The topological polar surface area (TPSA) is 90.1 Å². The van der Waals surface area contributed by atoms with Gasteiger partial charge in [-0.25, -0.2) is 0 Å². The molecule has 1 aromatic rings. The minimum Gasteiger partial charge on any atom is -0.411 e. The molecule has 1 fully saturated rings. The van der Waals surface area contributed by atoms with Gasteiger partial charge >= 0.3 is 0 Å². The lowest BCUT2D eigenvalue weighted by atomic mass is 9.85. The smallest absolute Gasteiger partial charge is 0.129 e. The molecule has 2 rings (SSSR count). The van der Waals surface area contributed by atoms with Crippen LogP contribution < -0.4 is 0 Å². The molecule has 0 aliphatic heterocycles. The molecular formula is C23H35NO4S. The average molecular weight is 422 g/mol. The van der Waals surface area contributed by atoms with E-state index in [0.29, 0.717) is 30.7 Å². The van der Waals surface area contributed by atoms with Crippen molar-refractivity contribution in [1.29, 1.82) is 0 Å². The third-order valence-electron chi connectivity index (χ3n) is 5.80. The van der Waals surface area contributed by atoms with Crippen molar-refractivity contribution in [3.63, 3.8) is 0 Å². The zero-order valence-corrected chi connectivity index (χ0v) is 18.2. The normalized spacial score (nSPS) is 24.1. The molecule has 0 bridgehead atoms. The van der Waals surface area contributed by atoms with Crippen LogP contribution in [0.2, 0.25) is 0 Å².